The van der Waals surface area contributed by atoms with Crippen molar-refractivity contribution >= 4 is 12.4 Å². The Morgan fingerprint density at radius 2 is 2.35 bits per heavy atom. The lowest BCUT2D eigenvalue weighted by Crippen LogP contribution is -2.37. The van der Waals surface area contributed by atoms with Gasteiger partial charge in [0.2, 0.25) is 6.41 Å². The molecule has 0 aliphatic rings. The molecule has 0 aromatic heterocycles. The smallest absolute Gasteiger partial charge is 0.326 e. The molecule has 0 radical (unpaired) electrons. The third kappa shape index (κ3) is 3.44. The molecule has 92 valence electrons. The van der Waals surface area contributed by atoms with Crippen molar-refractivity contribution in [2.75, 3.05) is 7.11 Å². The van der Waals surface area contributed by atoms with Gasteiger partial charge < -0.3 is 15.2 Å². The number of carbonyl (C=O) groups excluding carboxylic acids is 1. The lowest BCUT2D eigenvalue weighted by Gasteiger charge is -2.12. The third-order valence-electron chi connectivity index (χ3n) is 2.24. The first-order chi connectivity index (χ1) is 8.08. The van der Waals surface area contributed by atoms with E-state index in [-0.39, 0.29) is 18.4 Å². The quantitative estimate of drug-likeness (QED) is 0.714. The van der Waals surface area contributed by atoms with Crippen LogP contribution >= 0.6 is 0 Å². The number of carboxylic acid groups (broad SMARTS) is 1. The number of nitrogens with one attached hydrogen (secondary N) is 1. The minimum Gasteiger partial charge on any atom is -0.497 e. The molecule has 5 nitrogen and oxygen atoms in total. The molecule has 17 heavy (non-hydrogen) atoms. The molecule has 6 heteroatoms. The number of aliphatic carboxylic acids is 1. The first-order valence-electron chi connectivity index (χ1n) is 4.83. The highest BCUT2D eigenvalue weighted by molar-refractivity contribution is 5.76. The van der Waals surface area contributed by atoms with E-state index in [0.717, 1.165) is 0 Å². The van der Waals surface area contributed by atoms with Gasteiger partial charge in [0, 0.05) is 6.42 Å². The summed E-state index contributed by atoms with van der Waals surface area (Å²) in [5.41, 5.74) is 0.172. The van der Waals surface area contributed by atoms with Crippen LogP contribution in [0.15, 0.2) is 18.2 Å². The predicted octanol–water partition coefficient (Wildman–Crippen LogP) is 0.576. The Balaban J connectivity index is 2.91. The van der Waals surface area contributed by atoms with Crippen molar-refractivity contribution < 1.29 is 23.8 Å². The zero-order chi connectivity index (χ0) is 12.8. The van der Waals surface area contributed by atoms with Crippen LogP contribution in [-0.4, -0.2) is 30.6 Å². The summed E-state index contributed by atoms with van der Waals surface area (Å²) in [6.07, 6.45) is 0.133. The van der Waals surface area contributed by atoms with Crippen molar-refractivity contribution in [3.63, 3.8) is 0 Å². The van der Waals surface area contributed by atoms with Crippen molar-refractivity contribution in [2.24, 2.45) is 0 Å². The van der Waals surface area contributed by atoms with Gasteiger partial charge in [0.05, 0.1) is 7.11 Å². The zero-order valence-electron chi connectivity index (χ0n) is 9.14. The molecular formula is C11H12FNO4. The number of amides is 1. The summed E-state index contributed by atoms with van der Waals surface area (Å²) < 4.78 is 18.3. The molecule has 0 aliphatic carbocycles. The average Bonchev–Trinajstić information content (AvgIpc) is 2.31. The number of carboxylic acids is 1. The van der Waals surface area contributed by atoms with Crippen molar-refractivity contribution in [2.45, 2.75) is 12.5 Å². The van der Waals surface area contributed by atoms with E-state index in [9.17, 15) is 14.0 Å². The highest BCUT2D eigenvalue weighted by Gasteiger charge is 2.19. The second-order valence-corrected chi connectivity index (χ2v) is 3.34. The molecule has 0 aliphatic heterocycles. The van der Waals surface area contributed by atoms with E-state index in [2.05, 4.69) is 5.32 Å². The van der Waals surface area contributed by atoms with Gasteiger partial charge in [0.1, 0.15) is 17.6 Å². The van der Waals surface area contributed by atoms with Gasteiger partial charge in [-0.15, -0.1) is 0 Å². The molecule has 1 atom stereocenters. The number of rotatable bonds is 6. The van der Waals surface area contributed by atoms with Crippen LogP contribution in [0.5, 0.6) is 5.75 Å². The average molecular weight is 241 g/mol. The van der Waals surface area contributed by atoms with Gasteiger partial charge in [-0.1, -0.05) is 0 Å². The molecule has 1 aromatic rings. The lowest BCUT2D eigenvalue weighted by molar-refractivity contribution is -0.140. The first-order valence-corrected chi connectivity index (χ1v) is 4.83. The highest BCUT2D eigenvalue weighted by atomic mass is 19.1. The van der Waals surface area contributed by atoms with Crippen LogP contribution in [0.3, 0.4) is 0 Å². The Bertz CT molecular complexity index is 422. The zero-order valence-corrected chi connectivity index (χ0v) is 9.14. The van der Waals surface area contributed by atoms with Gasteiger partial charge >= 0.3 is 5.97 Å². The maximum absolute atomic E-state index is 13.4. The summed E-state index contributed by atoms with van der Waals surface area (Å²) in [4.78, 5) is 21.0. The molecule has 1 unspecified atom stereocenters. The van der Waals surface area contributed by atoms with Gasteiger partial charge in [-0.2, -0.15) is 0 Å². The number of carbonyl (C=O) groups is 2. The fourth-order valence-corrected chi connectivity index (χ4v) is 1.35. The van der Waals surface area contributed by atoms with E-state index in [0.29, 0.717) is 5.75 Å². The fraction of sp³-hybridized carbons (Fsp3) is 0.273. The second kappa shape index (κ2) is 5.83. The van der Waals surface area contributed by atoms with Crippen LogP contribution in [0.25, 0.3) is 0 Å². The molecule has 0 spiro atoms. The van der Waals surface area contributed by atoms with Gasteiger partial charge in [-0.3, -0.25) is 4.79 Å². The van der Waals surface area contributed by atoms with E-state index in [4.69, 9.17) is 9.84 Å². The van der Waals surface area contributed by atoms with E-state index in [1.807, 2.05) is 0 Å². The maximum Gasteiger partial charge on any atom is 0.326 e. The lowest BCUT2D eigenvalue weighted by atomic mass is 10.1. The number of methoxy groups -OCH3 is 1. The number of halogens is 1. The molecular weight excluding hydrogens is 229 g/mol. The Morgan fingerprint density at radius 1 is 1.65 bits per heavy atom. The summed E-state index contributed by atoms with van der Waals surface area (Å²) in [5, 5.41) is 10.9. The van der Waals surface area contributed by atoms with Crippen LogP contribution < -0.4 is 10.1 Å². The van der Waals surface area contributed by atoms with Gasteiger partial charge in [0.15, 0.2) is 0 Å². The van der Waals surface area contributed by atoms with Crippen LogP contribution in [0.4, 0.5) is 4.39 Å². The number of hydrogen-bond acceptors (Lipinski definition) is 3. The second-order valence-electron chi connectivity index (χ2n) is 3.34. The topological polar surface area (TPSA) is 75.6 Å². The maximum atomic E-state index is 13.4. The normalized spacial score (nSPS) is 11.6. The molecule has 1 aromatic carbocycles. The summed E-state index contributed by atoms with van der Waals surface area (Å²) >= 11 is 0. The molecule has 2 N–H and O–H groups in total. The van der Waals surface area contributed by atoms with E-state index < -0.39 is 17.8 Å². The van der Waals surface area contributed by atoms with Gasteiger partial charge in [-0.05, 0) is 23.8 Å². The fourth-order valence-electron chi connectivity index (χ4n) is 1.35. The van der Waals surface area contributed by atoms with E-state index in [1.165, 1.54) is 25.3 Å². The predicted molar refractivity (Wildman–Crippen MR) is 57.3 cm³/mol. The number of hydrogen-bond donors (Lipinski definition) is 2. The molecule has 0 saturated carbocycles. The standard InChI is InChI=1S/C11H12FNO4/c1-17-8-2-3-9(12)7(4-8)5-10(11(15)16)13-6-14/h2-4,6,10H,5H2,1H3,(H,13,14)(H,15,16). The highest BCUT2D eigenvalue weighted by Crippen LogP contribution is 2.17. The van der Waals surface area contributed by atoms with Crippen molar-refractivity contribution in [1.82, 2.24) is 5.32 Å². The molecule has 0 fully saturated rings. The third-order valence-corrected chi connectivity index (χ3v) is 2.24. The van der Waals surface area contributed by atoms with Crippen molar-refractivity contribution in [3.05, 3.63) is 29.6 Å². The number of ether oxygens (including phenoxy) is 1. The molecule has 1 amide bonds. The van der Waals surface area contributed by atoms with Crippen LogP contribution in [-0.2, 0) is 16.0 Å². The van der Waals surface area contributed by atoms with Gasteiger partial charge in [-0.25, -0.2) is 9.18 Å². The molecule has 1 rings (SSSR count). The Kier molecular flexibility index (Phi) is 4.45. The Labute approximate surface area is 97.2 Å². The van der Waals surface area contributed by atoms with Crippen LogP contribution in [0, 0.1) is 5.82 Å². The van der Waals surface area contributed by atoms with Crippen LogP contribution in [0.1, 0.15) is 5.56 Å². The van der Waals surface area contributed by atoms with Crippen molar-refractivity contribution in [1.29, 1.82) is 0 Å². The molecule has 0 heterocycles. The first kappa shape index (κ1) is 13.0. The minimum atomic E-state index is -1.22. The Hall–Kier alpha value is -2.11. The summed E-state index contributed by atoms with van der Waals surface area (Å²) in [7, 11) is 1.43. The monoisotopic (exact) mass is 241 g/mol. The minimum absolute atomic E-state index is 0.142. The summed E-state index contributed by atoms with van der Waals surface area (Å²) in [6.45, 7) is 0. The largest absolute Gasteiger partial charge is 0.497 e. The molecule has 0 bridgehead atoms. The SMILES string of the molecule is COc1ccc(F)c(CC(NC=O)C(=O)O)c1. The van der Waals surface area contributed by atoms with Crippen LogP contribution in [0.2, 0.25) is 0 Å². The van der Waals surface area contributed by atoms with E-state index in [1.54, 1.807) is 0 Å². The van der Waals surface area contributed by atoms with Crippen molar-refractivity contribution in [3.8, 4) is 5.75 Å². The summed E-state index contributed by atoms with van der Waals surface area (Å²) in [5.74, 6) is -1.33. The number of benzene rings is 1. The van der Waals surface area contributed by atoms with Gasteiger partial charge in [0.25, 0.3) is 0 Å². The van der Waals surface area contributed by atoms with E-state index >= 15 is 0 Å². The molecule has 0 saturated heterocycles. The summed E-state index contributed by atoms with van der Waals surface area (Å²) in [6, 6.07) is 2.86. The Morgan fingerprint density at radius 3 is 2.88 bits per heavy atom.